The van der Waals surface area contributed by atoms with E-state index in [4.69, 9.17) is 0 Å². The summed E-state index contributed by atoms with van der Waals surface area (Å²) in [5, 5.41) is 0. The molecule has 2 heterocycles. The Morgan fingerprint density at radius 2 is 2.05 bits per heavy atom. The Morgan fingerprint density at radius 3 is 2.79 bits per heavy atom. The fraction of sp³-hybridized carbons (Fsp3) is 0.625. The highest BCUT2D eigenvalue weighted by Crippen LogP contribution is 2.28. The molecule has 3 heteroatoms. The van der Waals surface area contributed by atoms with Gasteiger partial charge in [0, 0.05) is 25.7 Å². The third-order valence-electron chi connectivity index (χ3n) is 4.57. The van der Waals surface area contributed by atoms with Crippen molar-refractivity contribution in [1.29, 1.82) is 0 Å². The average molecular weight is 262 g/mol. The van der Waals surface area contributed by atoms with Gasteiger partial charge in [-0.3, -0.25) is 4.90 Å². The van der Waals surface area contributed by atoms with Gasteiger partial charge in [0.25, 0.3) is 0 Å². The fourth-order valence-electron chi connectivity index (χ4n) is 3.35. The van der Waals surface area contributed by atoms with Crippen LogP contribution in [0.2, 0.25) is 0 Å². The van der Waals surface area contributed by atoms with Crippen molar-refractivity contribution in [2.45, 2.75) is 38.6 Å². The van der Waals surface area contributed by atoms with E-state index in [1.54, 1.807) is 6.07 Å². The van der Waals surface area contributed by atoms with Crippen LogP contribution in [-0.4, -0.2) is 37.1 Å². The van der Waals surface area contributed by atoms with Crippen LogP contribution in [0.4, 0.5) is 10.1 Å². The van der Waals surface area contributed by atoms with Crippen molar-refractivity contribution in [3.8, 4) is 0 Å². The minimum Gasteiger partial charge on any atom is -0.366 e. The molecule has 0 bridgehead atoms. The number of hydrogen-bond donors (Lipinski definition) is 0. The second kappa shape index (κ2) is 5.12. The first kappa shape index (κ1) is 12.9. The standard InChI is InChI=1S/C16H23FN2/c1-12(2)13-5-6-16(15(17)10-13)19-9-8-18-7-3-4-14(18)11-19/h5-6,10,12,14H,3-4,7-9,11H2,1-2H3. The van der Waals surface area contributed by atoms with Crippen LogP contribution in [0.5, 0.6) is 0 Å². The molecule has 0 saturated carbocycles. The fourth-order valence-corrected chi connectivity index (χ4v) is 3.35. The molecule has 2 aliphatic heterocycles. The lowest BCUT2D eigenvalue weighted by Gasteiger charge is -2.39. The number of fused-ring (bicyclic) bond motifs is 1. The second-order valence-electron chi connectivity index (χ2n) is 6.14. The SMILES string of the molecule is CC(C)c1ccc(N2CCN3CCCC3C2)c(F)c1. The molecule has 19 heavy (non-hydrogen) atoms. The van der Waals surface area contributed by atoms with Crippen molar-refractivity contribution in [3.05, 3.63) is 29.6 Å². The third-order valence-corrected chi connectivity index (χ3v) is 4.57. The Kier molecular flexibility index (Phi) is 3.48. The van der Waals surface area contributed by atoms with Crippen LogP contribution in [-0.2, 0) is 0 Å². The van der Waals surface area contributed by atoms with E-state index in [9.17, 15) is 4.39 Å². The number of hydrogen-bond acceptors (Lipinski definition) is 2. The van der Waals surface area contributed by atoms with Gasteiger partial charge in [-0.15, -0.1) is 0 Å². The van der Waals surface area contributed by atoms with Crippen molar-refractivity contribution < 1.29 is 4.39 Å². The molecule has 1 aromatic carbocycles. The summed E-state index contributed by atoms with van der Waals surface area (Å²) in [6.07, 6.45) is 2.56. The molecule has 2 aliphatic rings. The molecule has 1 unspecified atom stereocenters. The van der Waals surface area contributed by atoms with Gasteiger partial charge in [0.1, 0.15) is 5.82 Å². The number of rotatable bonds is 2. The molecular weight excluding hydrogens is 239 g/mol. The summed E-state index contributed by atoms with van der Waals surface area (Å²) in [6.45, 7) is 8.45. The quantitative estimate of drug-likeness (QED) is 0.807. The van der Waals surface area contributed by atoms with E-state index in [0.29, 0.717) is 12.0 Å². The summed E-state index contributed by atoms with van der Waals surface area (Å²) in [6, 6.07) is 6.39. The molecular formula is C16H23FN2. The topological polar surface area (TPSA) is 6.48 Å². The minimum absolute atomic E-state index is 0.0577. The number of halogens is 1. The molecule has 0 aromatic heterocycles. The molecule has 0 spiro atoms. The molecule has 0 N–H and O–H groups in total. The first-order chi connectivity index (χ1) is 9.15. The maximum atomic E-state index is 14.3. The van der Waals surface area contributed by atoms with Gasteiger partial charge in [-0.1, -0.05) is 19.9 Å². The molecule has 0 aliphatic carbocycles. The van der Waals surface area contributed by atoms with Crippen LogP contribution in [0.1, 0.15) is 38.2 Å². The van der Waals surface area contributed by atoms with Crippen molar-refractivity contribution in [2.24, 2.45) is 0 Å². The number of nitrogens with zero attached hydrogens (tertiary/aromatic N) is 2. The molecule has 0 amide bonds. The molecule has 2 saturated heterocycles. The molecule has 2 fully saturated rings. The van der Waals surface area contributed by atoms with Gasteiger partial charge in [-0.2, -0.15) is 0 Å². The van der Waals surface area contributed by atoms with Gasteiger partial charge >= 0.3 is 0 Å². The van der Waals surface area contributed by atoms with Crippen molar-refractivity contribution in [3.63, 3.8) is 0 Å². The van der Waals surface area contributed by atoms with E-state index >= 15 is 0 Å². The van der Waals surface area contributed by atoms with E-state index in [2.05, 4.69) is 29.7 Å². The lowest BCUT2D eigenvalue weighted by atomic mass is 10.0. The molecule has 3 rings (SSSR count). The normalized spacial score (nSPS) is 24.0. The van der Waals surface area contributed by atoms with Gasteiger partial charge in [0.05, 0.1) is 5.69 Å². The average Bonchev–Trinajstić information content (AvgIpc) is 2.85. The Hall–Kier alpha value is -1.09. The maximum absolute atomic E-state index is 14.3. The lowest BCUT2D eigenvalue weighted by Crippen LogP contribution is -2.50. The van der Waals surface area contributed by atoms with Gasteiger partial charge in [0.15, 0.2) is 0 Å². The highest BCUT2D eigenvalue weighted by molar-refractivity contribution is 5.50. The second-order valence-corrected chi connectivity index (χ2v) is 6.14. The van der Waals surface area contributed by atoms with Crippen molar-refractivity contribution >= 4 is 5.69 Å². The largest absolute Gasteiger partial charge is 0.366 e. The molecule has 0 radical (unpaired) electrons. The Bertz CT molecular complexity index is 458. The van der Waals surface area contributed by atoms with Crippen molar-refractivity contribution in [2.75, 3.05) is 31.1 Å². The molecule has 2 nitrogen and oxygen atoms in total. The Labute approximate surface area is 115 Å². The predicted octanol–water partition coefficient (Wildman–Crippen LogP) is 3.23. The van der Waals surface area contributed by atoms with Crippen LogP contribution >= 0.6 is 0 Å². The first-order valence-corrected chi connectivity index (χ1v) is 7.43. The van der Waals surface area contributed by atoms with E-state index in [1.165, 1.54) is 19.4 Å². The van der Waals surface area contributed by atoms with E-state index in [0.717, 1.165) is 30.9 Å². The smallest absolute Gasteiger partial charge is 0.146 e. The third kappa shape index (κ3) is 2.48. The Morgan fingerprint density at radius 1 is 1.21 bits per heavy atom. The number of anilines is 1. The van der Waals surface area contributed by atoms with E-state index < -0.39 is 0 Å². The summed E-state index contributed by atoms with van der Waals surface area (Å²) in [7, 11) is 0. The monoisotopic (exact) mass is 262 g/mol. The summed E-state index contributed by atoms with van der Waals surface area (Å²) < 4.78 is 14.3. The van der Waals surface area contributed by atoms with Crippen LogP contribution in [0.15, 0.2) is 18.2 Å². The van der Waals surface area contributed by atoms with Gasteiger partial charge in [0.2, 0.25) is 0 Å². The minimum atomic E-state index is -0.0577. The molecule has 104 valence electrons. The van der Waals surface area contributed by atoms with Gasteiger partial charge < -0.3 is 4.90 Å². The lowest BCUT2D eigenvalue weighted by molar-refractivity contribution is 0.230. The maximum Gasteiger partial charge on any atom is 0.146 e. The zero-order chi connectivity index (χ0) is 13.4. The highest BCUT2D eigenvalue weighted by atomic mass is 19.1. The summed E-state index contributed by atoms with van der Waals surface area (Å²) in [4.78, 5) is 4.78. The van der Waals surface area contributed by atoms with Gasteiger partial charge in [-0.05, 0) is 43.0 Å². The zero-order valence-electron chi connectivity index (χ0n) is 11.9. The van der Waals surface area contributed by atoms with Crippen LogP contribution < -0.4 is 4.90 Å². The first-order valence-electron chi connectivity index (χ1n) is 7.43. The van der Waals surface area contributed by atoms with Crippen LogP contribution in [0.25, 0.3) is 0 Å². The number of benzene rings is 1. The van der Waals surface area contributed by atoms with Crippen LogP contribution in [0.3, 0.4) is 0 Å². The number of piperazine rings is 1. The molecule has 1 aromatic rings. The summed E-state index contributed by atoms with van der Waals surface area (Å²) in [5.41, 5.74) is 1.87. The zero-order valence-corrected chi connectivity index (χ0v) is 11.9. The van der Waals surface area contributed by atoms with Crippen LogP contribution in [0, 0.1) is 5.82 Å². The van der Waals surface area contributed by atoms with E-state index in [-0.39, 0.29) is 5.82 Å². The van der Waals surface area contributed by atoms with Crippen molar-refractivity contribution in [1.82, 2.24) is 4.90 Å². The highest BCUT2D eigenvalue weighted by Gasteiger charge is 2.31. The van der Waals surface area contributed by atoms with E-state index in [1.807, 2.05) is 6.07 Å². The molecule has 1 atom stereocenters. The Balaban J connectivity index is 1.78. The summed E-state index contributed by atoms with van der Waals surface area (Å²) >= 11 is 0. The van der Waals surface area contributed by atoms with Gasteiger partial charge in [-0.25, -0.2) is 4.39 Å². The summed E-state index contributed by atoms with van der Waals surface area (Å²) in [5.74, 6) is 0.327. The predicted molar refractivity (Wildman–Crippen MR) is 77.3 cm³/mol.